The molecular formula is C16H19NO2. The maximum absolute atomic E-state index is 11.7. The summed E-state index contributed by atoms with van der Waals surface area (Å²) >= 11 is 0. The monoisotopic (exact) mass is 257 g/mol. The van der Waals surface area contributed by atoms with Gasteiger partial charge in [0.15, 0.2) is 6.61 Å². The molecule has 0 aliphatic heterocycles. The van der Waals surface area contributed by atoms with Crippen LogP contribution in [0.1, 0.15) is 20.3 Å². The summed E-state index contributed by atoms with van der Waals surface area (Å²) in [6.07, 6.45) is 0.917. The number of hydrogen-bond donors (Lipinski definition) is 1. The van der Waals surface area contributed by atoms with E-state index in [1.54, 1.807) is 0 Å². The van der Waals surface area contributed by atoms with Crippen LogP contribution in [-0.4, -0.2) is 18.6 Å². The Morgan fingerprint density at radius 3 is 2.74 bits per heavy atom. The van der Waals surface area contributed by atoms with Crippen molar-refractivity contribution in [2.24, 2.45) is 0 Å². The first-order chi connectivity index (χ1) is 9.20. The Labute approximate surface area is 113 Å². The van der Waals surface area contributed by atoms with Gasteiger partial charge in [-0.1, -0.05) is 43.3 Å². The molecule has 100 valence electrons. The third-order valence-electron chi connectivity index (χ3n) is 3.13. The fourth-order valence-electron chi connectivity index (χ4n) is 1.88. The minimum Gasteiger partial charge on any atom is -0.483 e. The first-order valence-corrected chi connectivity index (χ1v) is 6.60. The molecule has 0 saturated heterocycles. The van der Waals surface area contributed by atoms with Gasteiger partial charge in [-0.2, -0.15) is 0 Å². The lowest BCUT2D eigenvalue weighted by molar-refractivity contribution is -0.123. The van der Waals surface area contributed by atoms with E-state index >= 15 is 0 Å². The fraction of sp³-hybridized carbons (Fsp3) is 0.312. The van der Waals surface area contributed by atoms with Crippen molar-refractivity contribution in [3.8, 4) is 5.75 Å². The average Bonchev–Trinajstić information content (AvgIpc) is 2.44. The number of fused-ring (bicyclic) bond motifs is 1. The van der Waals surface area contributed by atoms with Crippen molar-refractivity contribution < 1.29 is 9.53 Å². The summed E-state index contributed by atoms with van der Waals surface area (Å²) in [6.45, 7) is 4.07. The smallest absolute Gasteiger partial charge is 0.258 e. The first kappa shape index (κ1) is 13.4. The molecule has 0 radical (unpaired) electrons. The lowest BCUT2D eigenvalue weighted by Gasteiger charge is -2.13. The van der Waals surface area contributed by atoms with Crippen molar-refractivity contribution in [2.75, 3.05) is 6.61 Å². The van der Waals surface area contributed by atoms with E-state index in [0.29, 0.717) is 0 Å². The normalized spacial score (nSPS) is 12.1. The third kappa shape index (κ3) is 3.47. The lowest BCUT2D eigenvalue weighted by atomic mass is 10.1. The van der Waals surface area contributed by atoms with Gasteiger partial charge in [0, 0.05) is 11.4 Å². The standard InChI is InChI=1S/C16H19NO2/c1-3-12(2)17-16(18)11-19-15-10-6-8-13-7-4-5-9-14(13)15/h4-10,12H,3,11H2,1-2H3,(H,17,18). The summed E-state index contributed by atoms with van der Waals surface area (Å²) < 4.78 is 5.61. The molecule has 0 fully saturated rings. The second-order valence-electron chi connectivity index (χ2n) is 4.64. The Bertz CT molecular complexity index is 560. The molecule has 0 heterocycles. The van der Waals surface area contributed by atoms with E-state index in [1.807, 2.05) is 56.3 Å². The number of benzene rings is 2. The van der Waals surface area contributed by atoms with Crippen LogP contribution < -0.4 is 10.1 Å². The summed E-state index contributed by atoms with van der Waals surface area (Å²) in [5.74, 6) is 0.666. The van der Waals surface area contributed by atoms with Crippen LogP contribution >= 0.6 is 0 Å². The van der Waals surface area contributed by atoms with Crippen molar-refractivity contribution in [3.63, 3.8) is 0 Å². The summed E-state index contributed by atoms with van der Waals surface area (Å²) in [5.41, 5.74) is 0. The number of rotatable bonds is 5. The third-order valence-corrected chi connectivity index (χ3v) is 3.13. The predicted octanol–water partition coefficient (Wildman–Crippen LogP) is 3.13. The molecule has 0 saturated carbocycles. The van der Waals surface area contributed by atoms with Crippen LogP contribution in [0.2, 0.25) is 0 Å². The van der Waals surface area contributed by atoms with E-state index in [2.05, 4.69) is 5.32 Å². The zero-order valence-electron chi connectivity index (χ0n) is 11.3. The van der Waals surface area contributed by atoms with Crippen LogP contribution in [-0.2, 0) is 4.79 Å². The molecule has 0 aliphatic carbocycles. The van der Waals surface area contributed by atoms with Gasteiger partial charge in [-0.05, 0) is 24.8 Å². The lowest BCUT2D eigenvalue weighted by Crippen LogP contribution is -2.35. The largest absolute Gasteiger partial charge is 0.483 e. The number of hydrogen-bond acceptors (Lipinski definition) is 2. The molecule has 2 aromatic carbocycles. The second kappa shape index (κ2) is 6.23. The quantitative estimate of drug-likeness (QED) is 0.893. The highest BCUT2D eigenvalue weighted by molar-refractivity contribution is 5.88. The zero-order chi connectivity index (χ0) is 13.7. The van der Waals surface area contributed by atoms with Gasteiger partial charge in [0.25, 0.3) is 5.91 Å². The van der Waals surface area contributed by atoms with Crippen LogP contribution in [0.5, 0.6) is 5.75 Å². The molecule has 1 amide bonds. The second-order valence-corrected chi connectivity index (χ2v) is 4.64. The zero-order valence-corrected chi connectivity index (χ0v) is 11.3. The van der Waals surface area contributed by atoms with Crippen molar-refractivity contribution >= 4 is 16.7 Å². The number of carbonyl (C=O) groups excluding carboxylic acids is 1. The van der Waals surface area contributed by atoms with Crippen LogP contribution in [0, 0.1) is 0 Å². The van der Waals surface area contributed by atoms with Gasteiger partial charge in [0.2, 0.25) is 0 Å². The summed E-state index contributed by atoms with van der Waals surface area (Å²) in [6, 6.07) is 14.0. The van der Waals surface area contributed by atoms with Crippen LogP contribution in [0.3, 0.4) is 0 Å². The van der Waals surface area contributed by atoms with E-state index in [-0.39, 0.29) is 18.6 Å². The molecule has 0 bridgehead atoms. The van der Waals surface area contributed by atoms with E-state index in [9.17, 15) is 4.79 Å². The molecular weight excluding hydrogens is 238 g/mol. The minimum atomic E-state index is -0.0812. The molecule has 3 heteroatoms. The van der Waals surface area contributed by atoms with E-state index in [1.165, 1.54) is 0 Å². The number of amides is 1. The van der Waals surface area contributed by atoms with Gasteiger partial charge in [-0.15, -0.1) is 0 Å². The van der Waals surface area contributed by atoms with Gasteiger partial charge in [-0.25, -0.2) is 0 Å². The molecule has 1 atom stereocenters. The van der Waals surface area contributed by atoms with Gasteiger partial charge in [-0.3, -0.25) is 4.79 Å². The molecule has 0 aromatic heterocycles. The Kier molecular flexibility index (Phi) is 4.39. The van der Waals surface area contributed by atoms with Crippen LogP contribution in [0.25, 0.3) is 10.8 Å². The average molecular weight is 257 g/mol. The van der Waals surface area contributed by atoms with Crippen LogP contribution in [0.4, 0.5) is 0 Å². The summed E-state index contributed by atoms with van der Waals surface area (Å²) in [4.78, 5) is 11.7. The highest BCUT2D eigenvalue weighted by atomic mass is 16.5. The maximum atomic E-state index is 11.7. The summed E-state index contributed by atoms with van der Waals surface area (Å²) in [5, 5.41) is 5.03. The molecule has 0 aliphatic rings. The van der Waals surface area contributed by atoms with Gasteiger partial charge < -0.3 is 10.1 Å². The first-order valence-electron chi connectivity index (χ1n) is 6.60. The number of nitrogens with one attached hydrogen (secondary N) is 1. The van der Waals surface area contributed by atoms with Crippen molar-refractivity contribution in [2.45, 2.75) is 26.3 Å². The fourth-order valence-corrected chi connectivity index (χ4v) is 1.88. The predicted molar refractivity (Wildman–Crippen MR) is 77.3 cm³/mol. The topological polar surface area (TPSA) is 38.3 Å². The van der Waals surface area contributed by atoms with Crippen molar-refractivity contribution in [1.29, 1.82) is 0 Å². The highest BCUT2D eigenvalue weighted by Crippen LogP contribution is 2.24. The van der Waals surface area contributed by atoms with E-state index in [0.717, 1.165) is 22.9 Å². The van der Waals surface area contributed by atoms with Gasteiger partial charge in [0.05, 0.1) is 0 Å². The minimum absolute atomic E-state index is 0.0539. The van der Waals surface area contributed by atoms with E-state index in [4.69, 9.17) is 4.74 Å². The molecule has 19 heavy (non-hydrogen) atoms. The Morgan fingerprint density at radius 2 is 1.95 bits per heavy atom. The number of carbonyl (C=O) groups is 1. The Hall–Kier alpha value is -2.03. The Morgan fingerprint density at radius 1 is 1.21 bits per heavy atom. The SMILES string of the molecule is CCC(C)NC(=O)COc1cccc2ccccc12. The van der Waals surface area contributed by atoms with E-state index < -0.39 is 0 Å². The highest BCUT2D eigenvalue weighted by Gasteiger charge is 2.07. The maximum Gasteiger partial charge on any atom is 0.258 e. The van der Waals surface area contributed by atoms with Crippen molar-refractivity contribution in [1.82, 2.24) is 5.32 Å². The molecule has 1 N–H and O–H groups in total. The molecule has 2 rings (SSSR count). The molecule has 1 unspecified atom stereocenters. The molecule has 0 spiro atoms. The molecule has 2 aromatic rings. The molecule has 3 nitrogen and oxygen atoms in total. The van der Waals surface area contributed by atoms with Crippen molar-refractivity contribution in [3.05, 3.63) is 42.5 Å². The summed E-state index contributed by atoms with van der Waals surface area (Å²) in [7, 11) is 0. The van der Waals surface area contributed by atoms with Crippen LogP contribution in [0.15, 0.2) is 42.5 Å². The Balaban J connectivity index is 2.04. The number of ether oxygens (including phenoxy) is 1. The van der Waals surface area contributed by atoms with Gasteiger partial charge >= 0.3 is 0 Å². The van der Waals surface area contributed by atoms with Gasteiger partial charge in [0.1, 0.15) is 5.75 Å².